The van der Waals surface area contributed by atoms with Crippen molar-refractivity contribution in [3.05, 3.63) is 60.1 Å². The summed E-state index contributed by atoms with van der Waals surface area (Å²) >= 11 is 1.49. The van der Waals surface area contributed by atoms with Crippen molar-refractivity contribution in [2.75, 3.05) is 44.4 Å². The number of benzene rings is 1. The molecule has 0 saturated carbocycles. The quantitative estimate of drug-likeness (QED) is 0.385. The molecule has 0 radical (unpaired) electrons. The summed E-state index contributed by atoms with van der Waals surface area (Å²) in [5.74, 6) is 2.22. The molecule has 9 heteroatoms. The third-order valence-electron chi connectivity index (χ3n) is 5.84. The summed E-state index contributed by atoms with van der Waals surface area (Å²) in [7, 11) is 0. The molecule has 2 fully saturated rings. The molecule has 2 aliphatic heterocycles. The zero-order valence-corrected chi connectivity index (χ0v) is 19.8. The Bertz CT molecular complexity index is 1100. The number of nitrogens with zero attached hydrogens (tertiary/aromatic N) is 3. The molecular weight excluding hydrogens is 452 g/mol. The molecule has 0 bridgehead atoms. The lowest BCUT2D eigenvalue weighted by Gasteiger charge is -2.28. The Labute approximate surface area is 203 Å². The number of hydrogen-bond acceptors (Lipinski definition) is 8. The molecule has 2 aromatic heterocycles. The molecule has 0 spiro atoms. The predicted octanol–water partition coefficient (Wildman–Crippen LogP) is 3.77. The van der Waals surface area contributed by atoms with Crippen molar-refractivity contribution >= 4 is 23.5 Å². The maximum atomic E-state index is 12.4. The van der Waals surface area contributed by atoms with E-state index in [1.165, 1.54) is 11.8 Å². The lowest BCUT2D eigenvalue weighted by atomic mass is 10.1. The average molecular weight is 481 g/mol. The number of nitrogens with one attached hydrogen (secondary N) is 1. The fraction of sp³-hybridized carbons (Fsp3) is 0.400. The topological polar surface area (TPSA) is 89.7 Å². The van der Waals surface area contributed by atoms with Crippen LogP contribution in [0.25, 0.3) is 11.3 Å². The van der Waals surface area contributed by atoms with E-state index in [2.05, 4.69) is 10.2 Å². The number of carbonyl (C=O) groups excluding carboxylic acids is 1. The number of anilines is 1. The second-order valence-corrected chi connectivity index (χ2v) is 9.20. The second kappa shape index (κ2) is 11.0. The van der Waals surface area contributed by atoms with Gasteiger partial charge >= 0.3 is 0 Å². The monoisotopic (exact) mass is 480 g/mol. The van der Waals surface area contributed by atoms with Crippen LogP contribution in [0, 0.1) is 0 Å². The minimum absolute atomic E-state index is 0.101. The van der Waals surface area contributed by atoms with Gasteiger partial charge in [-0.3, -0.25) is 4.79 Å². The Balaban J connectivity index is 1.27. The fourth-order valence-electron chi connectivity index (χ4n) is 4.00. The van der Waals surface area contributed by atoms with Gasteiger partial charge < -0.3 is 24.1 Å². The molecular formula is C25H28N4O4S. The van der Waals surface area contributed by atoms with Crippen LogP contribution in [-0.2, 0) is 15.2 Å². The number of hydrogen-bond donors (Lipinski definition) is 1. The number of furan rings is 1. The first-order chi connectivity index (χ1) is 16.7. The van der Waals surface area contributed by atoms with Gasteiger partial charge in [-0.15, -0.1) is 0 Å². The molecule has 3 aromatic rings. The summed E-state index contributed by atoms with van der Waals surface area (Å²) in [5.41, 5.74) is 1.93. The zero-order valence-electron chi connectivity index (χ0n) is 18.9. The smallest absolute Gasteiger partial charge is 0.287 e. The number of ether oxygens (including phenoxy) is 2. The van der Waals surface area contributed by atoms with Gasteiger partial charge in [0.25, 0.3) is 5.91 Å². The molecule has 8 nitrogen and oxygen atoms in total. The van der Waals surface area contributed by atoms with Gasteiger partial charge in [-0.2, -0.15) is 0 Å². The van der Waals surface area contributed by atoms with E-state index in [0.29, 0.717) is 42.2 Å². The summed E-state index contributed by atoms with van der Waals surface area (Å²) in [6.45, 7) is 4.27. The third-order valence-corrected chi connectivity index (χ3v) is 6.71. The molecule has 1 amide bonds. The molecule has 1 atom stereocenters. The first-order valence-corrected chi connectivity index (χ1v) is 12.6. The SMILES string of the molecule is O=C(NCC1CCCO1)c1ccc(CSc2nc(-c3ccccc3)cc(N3CCOCC3)n2)o1. The number of carbonyl (C=O) groups is 1. The van der Waals surface area contributed by atoms with Crippen LogP contribution in [0.4, 0.5) is 5.82 Å². The summed E-state index contributed by atoms with van der Waals surface area (Å²) < 4.78 is 16.8. The van der Waals surface area contributed by atoms with Gasteiger partial charge in [-0.25, -0.2) is 9.97 Å². The molecule has 1 unspecified atom stereocenters. The highest BCUT2D eigenvalue weighted by Crippen LogP contribution is 2.28. The summed E-state index contributed by atoms with van der Waals surface area (Å²) in [6, 6.07) is 15.7. The Hall–Kier alpha value is -2.88. The number of rotatable bonds is 8. The van der Waals surface area contributed by atoms with E-state index in [-0.39, 0.29) is 12.0 Å². The van der Waals surface area contributed by atoms with Gasteiger partial charge in [0.05, 0.1) is 30.8 Å². The van der Waals surface area contributed by atoms with Crippen LogP contribution in [0.15, 0.2) is 58.1 Å². The molecule has 34 heavy (non-hydrogen) atoms. The lowest BCUT2D eigenvalue weighted by molar-refractivity contribution is 0.0834. The largest absolute Gasteiger partial charge is 0.455 e. The minimum atomic E-state index is -0.219. The first-order valence-electron chi connectivity index (χ1n) is 11.6. The van der Waals surface area contributed by atoms with Crippen molar-refractivity contribution in [3.63, 3.8) is 0 Å². The van der Waals surface area contributed by atoms with E-state index in [1.807, 2.05) is 42.5 Å². The van der Waals surface area contributed by atoms with Crippen molar-refractivity contribution in [2.45, 2.75) is 29.9 Å². The van der Waals surface area contributed by atoms with Crippen LogP contribution in [0.5, 0.6) is 0 Å². The second-order valence-electron chi connectivity index (χ2n) is 8.26. The first kappa shape index (κ1) is 22.9. The molecule has 0 aliphatic carbocycles. The number of aromatic nitrogens is 2. The fourth-order valence-corrected chi connectivity index (χ4v) is 4.75. The summed E-state index contributed by atoms with van der Waals surface area (Å²) in [5, 5.41) is 3.56. The van der Waals surface area contributed by atoms with E-state index in [0.717, 1.165) is 49.6 Å². The Morgan fingerprint density at radius 2 is 1.94 bits per heavy atom. The van der Waals surface area contributed by atoms with Crippen LogP contribution >= 0.6 is 11.8 Å². The average Bonchev–Trinajstić information content (AvgIpc) is 3.59. The van der Waals surface area contributed by atoms with E-state index < -0.39 is 0 Å². The number of amides is 1. The van der Waals surface area contributed by atoms with Crippen molar-refractivity contribution in [3.8, 4) is 11.3 Å². The van der Waals surface area contributed by atoms with Crippen LogP contribution in [0.3, 0.4) is 0 Å². The third kappa shape index (κ3) is 5.78. The molecule has 1 N–H and O–H groups in total. The Morgan fingerprint density at radius 1 is 1.09 bits per heavy atom. The van der Waals surface area contributed by atoms with Crippen LogP contribution < -0.4 is 10.2 Å². The highest BCUT2D eigenvalue weighted by Gasteiger charge is 2.19. The summed E-state index contributed by atoms with van der Waals surface area (Å²) in [6.07, 6.45) is 2.13. The van der Waals surface area contributed by atoms with Crippen LogP contribution in [0.2, 0.25) is 0 Å². The van der Waals surface area contributed by atoms with Crippen molar-refractivity contribution in [1.29, 1.82) is 0 Å². The molecule has 5 rings (SSSR count). The predicted molar refractivity (Wildman–Crippen MR) is 130 cm³/mol. The van der Waals surface area contributed by atoms with Gasteiger partial charge in [0.15, 0.2) is 10.9 Å². The number of morpholine rings is 1. The van der Waals surface area contributed by atoms with E-state index in [9.17, 15) is 4.79 Å². The van der Waals surface area contributed by atoms with Crippen LogP contribution in [0.1, 0.15) is 29.2 Å². The molecule has 2 saturated heterocycles. The van der Waals surface area contributed by atoms with Gasteiger partial charge in [0.2, 0.25) is 0 Å². The van der Waals surface area contributed by atoms with E-state index >= 15 is 0 Å². The normalized spacial score (nSPS) is 18.2. The van der Waals surface area contributed by atoms with Crippen molar-refractivity contribution in [2.24, 2.45) is 0 Å². The van der Waals surface area contributed by atoms with Crippen molar-refractivity contribution in [1.82, 2.24) is 15.3 Å². The van der Waals surface area contributed by atoms with Crippen LogP contribution in [-0.4, -0.2) is 61.4 Å². The van der Waals surface area contributed by atoms with Gasteiger partial charge in [0.1, 0.15) is 11.6 Å². The molecule has 178 valence electrons. The van der Waals surface area contributed by atoms with Gasteiger partial charge in [-0.1, -0.05) is 42.1 Å². The Kier molecular flexibility index (Phi) is 7.43. The summed E-state index contributed by atoms with van der Waals surface area (Å²) in [4.78, 5) is 24.2. The minimum Gasteiger partial charge on any atom is -0.455 e. The van der Waals surface area contributed by atoms with E-state index in [4.69, 9.17) is 23.9 Å². The highest BCUT2D eigenvalue weighted by molar-refractivity contribution is 7.98. The van der Waals surface area contributed by atoms with Gasteiger partial charge in [-0.05, 0) is 25.0 Å². The lowest BCUT2D eigenvalue weighted by Crippen LogP contribution is -2.36. The Morgan fingerprint density at radius 3 is 2.74 bits per heavy atom. The standard InChI is InChI=1S/C25H28N4O4S/c30-24(26-16-19-7-4-12-32-19)22-9-8-20(33-22)17-34-25-27-21(18-5-2-1-3-6-18)15-23(28-25)29-10-13-31-14-11-29/h1-3,5-6,8-9,15,19H,4,7,10-14,16-17H2,(H,26,30). The molecule has 1 aromatic carbocycles. The van der Waals surface area contributed by atoms with E-state index in [1.54, 1.807) is 6.07 Å². The molecule has 2 aliphatic rings. The van der Waals surface area contributed by atoms with Crippen molar-refractivity contribution < 1.29 is 18.7 Å². The zero-order chi connectivity index (χ0) is 23.2. The maximum Gasteiger partial charge on any atom is 0.287 e. The number of thioether (sulfide) groups is 1. The maximum absolute atomic E-state index is 12.4. The van der Waals surface area contributed by atoms with Gasteiger partial charge in [0, 0.05) is 37.9 Å². The highest BCUT2D eigenvalue weighted by atomic mass is 32.2. The molecule has 4 heterocycles.